The molecule has 1 rings (SSSR count). The molecule has 3 heteroatoms. The largest absolute Gasteiger partial charge is 0.375 e. The Morgan fingerprint density at radius 1 is 1.47 bits per heavy atom. The van der Waals surface area contributed by atoms with Gasteiger partial charge in [-0.2, -0.15) is 0 Å². The molecule has 0 radical (unpaired) electrons. The fourth-order valence-corrected chi connectivity index (χ4v) is 2.60. The van der Waals surface area contributed by atoms with E-state index in [1.807, 2.05) is 0 Å². The second-order valence-electron chi connectivity index (χ2n) is 4.13. The van der Waals surface area contributed by atoms with Crippen molar-refractivity contribution in [3.05, 3.63) is 21.9 Å². The highest BCUT2D eigenvalue weighted by molar-refractivity contribution is 7.10. The first kappa shape index (κ1) is 12.7. The van der Waals surface area contributed by atoms with Crippen molar-refractivity contribution in [1.29, 1.82) is 0 Å². The van der Waals surface area contributed by atoms with Crippen molar-refractivity contribution in [2.24, 2.45) is 11.7 Å². The first-order valence-electron chi connectivity index (χ1n) is 5.46. The van der Waals surface area contributed by atoms with Crippen LogP contribution in [0.4, 0.5) is 0 Å². The average molecular weight is 227 g/mol. The van der Waals surface area contributed by atoms with E-state index in [2.05, 4.69) is 32.2 Å². The third kappa shape index (κ3) is 2.80. The summed E-state index contributed by atoms with van der Waals surface area (Å²) in [5, 5.41) is 2.12. The molecule has 0 unspecified atom stereocenters. The lowest BCUT2D eigenvalue weighted by Gasteiger charge is -2.26. The van der Waals surface area contributed by atoms with E-state index in [1.165, 1.54) is 10.4 Å². The number of nitrogens with two attached hydrogens (primary N) is 1. The van der Waals surface area contributed by atoms with Crippen LogP contribution in [0.15, 0.2) is 11.4 Å². The van der Waals surface area contributed by atoms with E-state index >= 15 is 0 Å². The number of aryl methyl sites for hydroxylation is 1. The lowest BCUT2D eigenvalue weighted by Crippen LogP contribution is -2.34. The topological polar surface area (TPSA) is 35.2 Å². The van der Waals surface area contributed by atoms with Gasteiger partial charge in [0.15, 0.2) is 0 Å². The summed E-state index contributed by atoms with van der Waals surface area (Å²) >= 11 is 1.79. The van der Waals surface area contributed by atoms with Crippen LogP contribution < -0.4 is 5.73 Å². The van der Waals surface area contributed by atoms with Crippen LogP contribution in [-0.2, 0) is 11.2 Å². The van der Waals surface area contributed by atoms with E-state index in [4.69, 9.17) is 10.5 Å². The molecule has 0 aromatic carbocycles. The molecule has 2 atom stereocenters. The quantitative estimate of drug-likeness (QED) is 0.839. The van der Waals surface area contributed by atoms with Gasteiger partial charge in [0.05, 0.1) is 6.10 Å². The summed E-state index contributed by atoms with van der Waals surface area (Å²) in [6.45, 7) is 6.44. The molecule has 0 aliphatic rings. The fraction of sp³-hybridized carbons (Fsp3) is 0.667. The van der Waals surface area contributed by atoms with Gasteiger partial charge in [-0.25, -0.2) is 0 Å². The molecule has 1 heterocycles. The van der Waals surface area contributed by atoms with Crippen molar-refractivity contribution in [2.75, 3.05) is 7.11 Å². The van der Waals surface area contributed by atoms with Gasteiger partial charge in [0, 0.05) is 18.0 Å². The van der Waals surface area contributed by atoms with Crippen molar-refractivity contribution in [3.8, 4) is 0 Å². The number of rotatable bonds is 5. The van der Waals surface area contributed by atoms with Crippen molar-refractivity contribution in [1.82, 2.24) is 0 Å². The molecule has 1 aromatic heterocycles. The van der Waals surface area contributed by atoms with E-state index in [-0.39, 0.29) is 12.1 Å². The minimum Gasteiger partial charge on any atom is -0.375 e. The van der Waals surface area contributed by atoms with Gasteiger partial charge in [-0.1, -0.05) is 20.8 Å². The Morgan fingerprint density at radius 3 is 2.60 bits per heavy atom. The van der Waals surface area contributed by atoms with Crippen LogP contribution in [0, 0.1) is 5.92 Å². The maximum atomic E-state index is 6.17. The second kappa shape index (κ2) is 5.64. The first-order valence-corrected chi connectivity index (χ1v) is 6.34. The van der Waals surface area contributed by atoms with Crippen LogP contribution in [0.1, 0.15) is 37.3 Å². The maximum Gasteiger partial charge on any atom is 0.0985 e. The summed E-state index contributed by atoms with van der Waals surface area (Å²) in [5.41, 5.74) is 7.44. The Kier molecular flexibility index (Phi) is 4.77. The predicted molar refractivity (Wildman–Crippen MR) is 66.3 cm³/mol. The Morgan fingerprint density at radius 2 is 2.13 bits per heavy atom. The number of hydrogen-bond acceptors (Lipinski definition) is 3. The number of ether oxygens (including phenoxy) is 1. The van der Waals surface area contributed by atoms with Gasteiger partial charge < -0.3 is 10.5 Å². The smallest absolute Gasteiger partial charge is 0.0985 e. The Balaban J connectivity index is 2.91. The molecule has 0 aliphatic heterocycles. The number of thiophene rings is 1. The minimum absolute atomic E-state index is 0.0335. The van der Waals surface area contributed by atoms with Crippen LogP contribution >= 0.6 is 11.3 Å². The summed E-state index contributed by atoms with van der Waals surface area (Å²) < 4.78 is 5.54. The molecule has 0 amide bonds. The third-order valence-electron chi connectivity index (χ3n) is 2.78. The second-order valence-corrected chi connectivity index (χ2v) is 5.13. The Hall–Kier alpha value is -0.380. The van der Waals surface area contributed by atoms with E-state index < -0.39 is 0 Å². The monoisotopic (exact) mass is 227 g/mol. The van der Waals surface area contributed by atoms with Crippen molar-refractivity contribution in [3.63, 3.8) is 0 Å². The lowest BCUT2D eigenvalue weighted by atomic mass is 9.94. The first-order chi connectivity index (χ1) is 7.11. The third-order valence-corrected chi connectivity index (χ3v) is 3.86. The molecule has 0 saturated heterocycles. The summed E-state index contributed by atoms with van der Waals surface area (Å²) in [7, 11) is 1.74. The standard InChI is InChI=1S/C12H21NOS/c1-5-10-9(6-7-15-10)12(14-4)11(13)8(2)3/h6-8,11-12H,5,13H2,1-4H3/t11-,12+/m0/s1. The van der Waals surface area contributed by atoms with Crippen LogP contribution in [0.3, 0.4) is 0 Å². The van der Waals surface area contributed by atoms with Gasteiger partial charge in [0.2, 0.25) is 0 Å². The molecule has 2 nitrogen and oxygen atoms in total. The van der Waals surface area contributed by atoms with Crippen LogP contribution in [0.25, 0.3) is 0 Å². The van der Waals surface area contributed by atoms with E-state index in [9.17, 15) is 0 Å². The molecule has 0 fully saturated rings. The Bertz CT molecular complexity index is 296. The molecule has 0 saturated carbocycles. The number of methoxy groups -OCH3 is 1. The van der Waals surface area contributed by atoms with Crippen LogP contribution in [0.5, 0.6) is 0 Å². The minimum atomic E-state index is 0.0335. The van der Waals surface area contributed by atoms with Gasteiger partial charge in [0.1, 0.15) is 0 Å². The van der Waals surface area contributed by atoms with Crippen molar-refractivity contribution >= 4 is 11.3 Å². The zero-order valence-electron chi connectivity index (χ0n) is 9.99. The van der Waals surface area contributed by atoms with E-state index in [0.29, 0.717) is 5.92 Å². The highest BCUT2D eigenvalue weighted by Gasteiger charge is 2.24. The lowest BCUT2D eigenvalue weighted by molar-refractivity contribution is 0.0660. The molecule has 0 bridgehead atoms. The van der Waals surface area contributed by atoms with Crippen molar-refractivity contribution in [2.45, 2.75) is 39.3 Å². The molecule has 2 N–H and O–H groups in total. The maximum absolute atomic E-state index is 6.17. The van der Waals surface area contributed by atoms with Crippen LogP contribution in [0.2, 0.25) is 0 Å². The molecule has 86 valence electrons. The van der Waals surface area contributed by atoms with Gasteiger partial charge in [-0.3, -0.25) is 0 Å². The molecule has 0 spiro atoms. The SMILES string of the molecule is CCc1sccc1[C@@H](OC)[C@@H](N)C(C)C. The van der Waals surface area contributed by atoms with Crippen molar-refractivity contribution < 1.29 is 4.74 Å². The molecule has 15 heavy (non-hydrogen) atoms. The van der Waals surface area contributed by atoms with E-state index in [1.54, 1.807) is 18.4 Å². The average Bonchev–Trinajstić information content (AvgIpc) is 2.66. The highest BCUT2D eigenvalue weighted by atomic mass is 32.1. The highest BCUT2D eigenvalue weighted by Crippen LogP contribution is 2.30. The normalized spacial score (nSPS) is 15.6. The summed E-state index contributed by atoms with van der Waals surface area (Å²) in [6, 6.07) is 2.20. The van der Waals surface area contributed by atoms with Gasteiger partial charge >= 0.3 is 0 Å². The Labute approximate surface area is 96.4 Å². The fourth-order valence-electron chi connectivity index (χ4n) is 1.73. The van der Waals surface area contributed by atoms with Crippen LogP contribution in [-0.4, -0.2) is 13.2 Å². The number of hydrogen-bond donors (Lipinski definition) is 1. The summed E-state index contributed by atoms with van der Waals surface area (Å²) in [4.78, 5) is 1.39. The molecular formula is C12H21NOS. The summed E-state index contributed by atoms with van der Waals surface area (Å²) in [6.07, 6.45) is 1.09. The van der Waals surface area contributed by atoms with Gasteiger partial charge in [-0.15, -0.1) is 11.3 Å². The van der Waals surface area contributed by atoms with E-state index in [0.717, 1.165) is 6.42 Å². The molecular weight excluding hydrogens is 206 g/mol. The zero-order chi connectivity index (χ0) is 11.4. The zero-order valence-corrected chi connectivity index (χ0v) is 10.8. The van der Waals surface area contributed by atoms with Gasteiger partial charge in [-0.05, 0) is 29.3 Å². The molecule has 1 aromatic rings. The molecule has 0 aliphatic carbocycles. The summed E-state index contributed by atoms with van der Waals surface area (Å²) in [5.74, 6) is 0.430. The van der Waals surface area contributed by atoms with Gasteiger partial charge in [0.25, 0.3) is 0 Å². The predicted octanol–water partition coefficient (Wildman–Crippen LogP) is 2.98.